The van der Waals surface area contributed by atoms with Gasteiger partial charge in [-0.1, -0.05) is 18.2 Å². The van der Waals surface area contributed by atoms with E-state index in [-0.39, 0.29) is 5.63 Å². The molecule has 0 atom stereocenters. The summed E-state index contributed by atoms with van der Waals surface area (Å²) < 4.78 is 5.24. The van der Waals surface area contributed by atoms with Crippen LogP contribution in [0.25, 0.3) is 11.0 Å². The highest BCUT2D eigenvalue weighted by molar-refractivity contribution is 5.81. The van der Waals surface area contributed by atoms with Gasteiger partial charge in [-0.2, -0.15) is 0 Å². The van der Waals surface area contributed by atoms with Crippen LogP contribution in [-0.2, 0) is 0 Å². The Morgan fingerprint density at radius 3 is 2.41 bits per heavy atom. The second kappa shape index (κ2) is 6.35. The van der Waals surface area contributed by atoms with Crippen LogP contribution in [-0.4, -0.2) is 13.1 Å². The third-order valence-corrected chi connectivity index (χ3v) is 3.46. The van der Waals surface area contributed by atoms with E-state index < -0.39 is 0 Å². The standard InChI is InChI=1S/C18H18N2O2/c1-13-11-14-12-16(7-8-17(14)22-18(13)21)20-10-9-19-15-5-3-2-4-6-15/h2-8,11-12,19-20H,9-10H2,1H3. The molecule has 0 bridgehead atoms. The minimum Gasteiger partial charge on any atom is -0.423 e. The van der Waals surface area contributed by atoms with Crippen molar-refractivity contribution in [1.29, 1.82) is 0 Å². The van der Waals surface area contributed by atoms with E-state index in [1.54, 1.807) is 6.92 Å². The van der Waals surface area contributed by atoms with Gasteiger partial charge in [0.25, 0.3) is 0 Å². The van der Waals surface area contributed by atoms with E-state index in [1.807, 2.05) is 54.6 Å². The van der Waals surface area contributed by atoms with E-state index in [9.17, 15) is 4.79 Å². The maximum Gasteiger partial charge on any atom is 0.339 e. The van der Waals surface area contributed by atoms with Gasteiger partial charge < -0.3 is 15.1 Å². The number of benzene rings is 2. The molecule has 22 heavy (non-hydrogen) atoms. The summed E-state index contributed by atoms with van der Waals surface area (Å²) in [5.74, 6) is 0. The Hall–Kier alpha value is -2.75. The van der Waals surface area contributed by atoms with Crippen molar-refractivity contribution in [2.24, 2.45) is 0 Å². The van der Waals surface area contributed by atoms with Crippen molar-refractivity contribution < 1.29 is 4.42 Å². The van der Waals surface area contributed by atoms with Gasteiger partial charge in [0.2, 0.25) is 0 Å². The van der Waals surface area contributed by atoms with Crippen LogP contribution in [0, 0.1) is 6.92 Å². The fourth-order valence-electron chi connectivity index (χ4n) is 2.31. The van der Waals surface area contributed by atoms with Crippen LogP contribution in [0.15, 0.2) is 63.8 Å². The molecule has 4 heteroatoms. The third kappa shape index (κ3) is 3.28. The van der Waals surface area contributed by atoms with Gasteiger partial charge in [-0.15, -0.1) is 0 Å². The molecule has 3 rings (SSSR count). The normalized spacial score (nSPS) is 10.6. The smallest absolute Gasteiger partial charge is 0.339 e. The zero-order valence-corrected chi connectivity index (χ0v) is 12.4. The molecule has 0 amide bonds. The molecule has 0 aliphatic rings. The van der Waals surface area contributed by atoms with Crippen molar-refractivity contribution in [3.63, 3.8) is 0 Å². The van der Waals surface area contributed by atoms with Gasteiger partial charge in [-0.25, -0.2) is 4.79 Å². The summed E-state index contributed by atoms with van der Waals surface area (Å²) in [4.78, 5) is 11.5. The second-order valence-corrected chi connectivity index (χ2v) is 5.19. The maximum atomic E-state index is 11.5. The van der Waals surface area contributed by atoms with Crippen LogP contribution in [0.3, 0.4) is 0 Å². The molecular formula is C18H18N2O2. The van der Waals surface area contributed by atoms with Gasteiger partial charge in [-0.05, 0) is 43.3 Å². The summed E-state index contributed by atoms with van der Waals surface area (Å²) in [7, 11) is 0. The molecule has 0 fully saturated rings. The van der Waals surface area contributed by atoms with Crippen molar-refractivity contribution in [2.75, 3.05) is 23.7 Å². The average molecular weight is 294 g/mol. The van der Waals surface area contributed by atoms with Gasteiger partial charge in [0.15, 0.2) is 0 Å². The van der Waals surface area contributed by atoms with E-state index in [0.29, 0.717) is 11.1 Å². The number of hydrogen-bond acceptors (Lipinski definition) is 4. The van der Waals surface area contributed by atoms with Crippen LogP contribution in [0.2, 0.25) is 0 Å². The Morgan fingerprint density at radius 1 is 0.909 bits per heavy atom. The summed E-state index contributed by atoms with van der Waals surface area (Å²) in [5.41, 5.74) is 3.08. The predicted molar refractivity (Wildman–Crippen MR) is 90.6 cm³/mol. The van der Waals surface area contributed by atoms with Crippen molar-refractivity contribution >= 4 is 22.3 Å². The second-order valence-electron chi connectivity index (χ2n) is 5.19. The molecule has 0 radical (unpaired) electrons. The highest BCUT2D eigenvalue weighted by Gasteiger charge is 2.02. The first-order chi connectivity index (χ1) is 10.7. The minimum absolute atomic E-state index is 0.278. The Balaban J connectivity index is 1.62. The molecule has 0 spiro atoms. The number of rotatable bonds is 5. The van der Waals surface area contributed by atoms with Crippen molar-refractivity contribution in [3.05, 3.63) is 70.6 Å². The lowest BCUT2D eigenvalue weighted by molar-refractivity contribution is 0.555. The van der Waals surface area contributed by atoms with E-state index >= 15 is 0 Å². The van der Waals surface area contributed by atoms with E-state index in [2.05, 4.69) is 10.6 Å². The Labute approximate surface area is 128 Å². The number of fused-ring (bicyclic) bond motifs is 1. The zero-order valence-electron chi connectivity index (χ0n) is 12.4. The van der Waals surface area contributed by atoms with Crippen LogP contribution < -0.4 is 16.3 Å². The fourth-order valence-corrected chi connectivity index (χ4v) is 2.31. The molecule has 0 unspecified atom stereocenters. The number of nitrogens with one attached hydrogen (secondary N) is 2. The van der Waals surface area contributed by atoms with E-state index in [4.69, 9.17) is 4.42 Å². The fraction of sp³-hybridized carbons (Fsp3) is 0.167. The van der Waals surface area contributed by atoms with Gasteiger partial charge in [0, 0.05) is 35.4 Å². The number of para-hydroxylation sites is 1. The van der Waals surface area contributed by atoms with Crippen LogP contribution in [0.1, 0.15) is 5.56 Å². The summed E-state index contributed by atoms with van der Waals surface area (Å²) in [5, 5.41) is 7.63. The lowest BCUT2D eigenvalue weighted by Crippen LogP contribution is -2.13. The molecule has 112 valence electrons. The predicted octanol–water partition coefficient (Wildman–Crippen LogP) is 3.63. The first-order valence-corrected chi connectivity index (χ1v) is 7.30. The molecule has 0 saturated carbocycles. The van der Waals surface area contributed by atoms with Crippen LogP contribution in [0.5, 0.6) is 0 Å². The molecular weight excluding hydrogens is 276 g/mol. The van der Waals surface area contributed by atoms with Crippen LogP contribution >= 0.6 is 0 Å². The molecule has 0 saturated heterocycles. The Morgan fingerprint density at radius 2 is 1.64 bits per heavy atom. The summed E-state index contributed by atoms with van der Waals surface area (Å²) in [6.45, 7) is 3.39. The van der Waals surface area contributed by atoms with Gasteiger partial charge in [0.05, 0.1) is 0 Å². The summed E-state index contributed by atoms with van der Waals surface area (Å²) in [6.07, 6.45) is 0. The largest absolute Gasteiger partial charge is 0.423 e. The molecule has 3 aromatic rings. The highest BCUT2D eigenvalue weighted by atomic mass is 16.4. The van der Waals surface area contributed by atoms with E-state index in [0.717, 1.165) is 29.9 Å². The Bertz CT molecular complexity index is 825. The lowest BCUT2D eigenvalue weighted by atomic mass is 10.2. The van der Waals surface area contributed by atoms with Crippen LogP contribution in [0.4, 0.5) is 11.4 Å². The highest BCUT2D eigenvalue weighted by Crippen LogP contribution is 2.18. The molecule has 2 aromatic carbocycles. The Kier molecular flexibility index (Phi) is 4.10. The molecule has 0 aliphatic carbocycles. The monoisotopic (exact) mass is 294 g/mol. The summed E-state index contributed by atoms with van der Waals surface area (Å²) >= 11 is 0. The van der Waals surface area contributed by atoms with Crippen molar-refractivity contribution in [3.8, 4) is 0 Å². The van der Waals surface area contributed by atoms with Gasteiger partial charge in [0.1, 0.15) is 5.58 Å². The van der Waals surface area contributed by atoms with Gasteiger partial charge >= 0.3 is 5.63 Å². The van der Waals surface area contributed by atoms with E-state index in [1.165, 1.54) is 0 Å². The number of anilines is 2. The average Bonchev–Trinajstić information content (AvgIpc) is 2.54. The molecule has 1 heterocycles. The lowest BCUT2D eigenvalue weighted by Gasteiger charge is -2.09. The van der Waals surface area contributed by atoms with Gasteiger partial charge in [-0.3, -0.25) is 0 Å². The molecule has 0 aliphatic heterocycles. The molecule has 4 nitrogen and oxygen atoms in total. The third-order valence-electron chi connectivity index (χ3n) is 3.46. The first-order valence-electron chi connectivity index (χ1n) is 7.30. The molecule has 2 N–H and O–H groups in total. The minimum atomic E-state index is -0.278. The first kappa shape index (κ1) is 14.2. The van der Waals surface area contributed by atoms with Crippen molar-refractivity contribution in [2.45, 2.75) is 6.92 Å². The quantitative estimate of drug-likeness (QED) is 0.557. The molecule has 1 aromatic heterocycles. The topological polar surface area (TPSA) is 54.3 Å². The SMILES string of the molecule is Cc1cc2cc(NCCNc3ccccc3)ccc2oc1=O. The van der Waals surface area contributed by atoms with Crippen molar-refractivity contribution in [1.82, 2.24) is 0 Å². The number of aryl methyl sites for hydroxylation is 1. The summed E-state index contributed by atoms with van der Waals surface area (Å²) in [6, 6.07) is 17.7. The number of hydrogen-bond donors (Lipinski definition) is 2. The maximum absolute atomic E-state index is 11.5. The zero-order chi connectivity index (χ0) is 15.4.